The first-order valence-corrected chi connectivity index (χ1v) is 10.1. The largest absolute Gasteiger partial charge is 0.497 e. The SMILES string of the molecule is COc1ccc(NC(=O)CCN2C(=O)/C(=C\c3cccc(OC)c3)SC2=S)cc1. The summed E-state index contributed by atoms with van der Waals surface area (Å²) in [6.45, 7) is 0.224. The standard InChI is InChI=1S/C21H20N2O4S2/c1-26-16-8-6-15(7-9-16)22-19(24)10-11-23-20(25)18(29-21(23)28)13-14-4-3-5-17(12-14)27-2/h3-9,12-13H,10-11H2,1-2H3,(H,22,24)/b18-13+. The van der Waals surface area contributed by atoms with Gasteiger partial charge in [0.1, 0.15) is 15.8 Å². The van der Waals surface area contributed by atoms with E-state index in [-0.39, 0.29) is 24.8 Å². The Kier molecular flexibility index (Phi) is 6.90. The minimum absolute atomic E-state index is 0.144. The van der Waals surface area contributed by atoms with E-state index in [1.165, 1.54) is 16.7 Å². The summed E-state index contributed by atoms with van der Waals surface area (Å²) in [6.07, 6.45) is 1.92. The lowest BCUT2D eigenvalue weighted by molar-refractivity contribution is -0.122. The molecule has 2 aromatic rings. The summed E-state index contributed by atoms with van der Waals surface area (Å²) in [6, 6.07) is 14.5. The molecule has 1 heterocycles. The predicted molar refractivity (Wildman–Crippen MR) is 119 cm³/mol. The van der Waals surface area contributed by atoms with E-state index in [4.69, 9.17) is 21.7 Å². The fraction of sp³-hybridized carbons (Fsp3) is 0.190. The highest BCUT2D eigenvalue weighted by Gasteiger charge is 2.32. The van der Waals surface area contributed by atoms with Gasteiger partial charge in [-0.1, -0.05) is 36.1 Å². The van der Waals surface area contributed by atoms with Gasteiger partial charge in [0.25, 0.3) is 5.91 Å². The molecule has 1 fully saturated rings. The maximum atomic E-state index is 12.7. The van der Waals surface area contributed by atoms with E-state index < -0.39 is 0 Å². The van der Waals surface area contributed by atoms with Crippen molar-refractivity contribution in [3.63, 3.8) is 0 Å². The van der Waals surface area contributed by atoms with Crippen LogP contribution in [0, 0.1) is 0 Å². The van der Waals surface area contributed by atoms with E-state index >= 15 is 0 Å². The van der Waals surface area contributed by atoms with Crippen LogP contribution in [0.3, 0.4) is 0 Å². The fourth-order valence-corrected chi connectivity index (χ4v) is 4.00. The maximum Gasteiger partial charge on any atom is 0.266 e. The quantitative estimate of drug-likeness (QED) is 0.532. The first-order valence-electron chi connectivity index (χ1n) is 8.83. The van der Waals surface area contributed by atoms with Crippen LogP contribution in [0.5, 0.6) is 11.5 Å². The summed E-state index contributed by atoms with van der Waals surface area (Å²) in [5.74, 6) is 1.04. The van der Waals surface area contributed by atoms with Crippen molar-refractivity contribution in [3.05, 3.63) is 59.0 Å². The molecule has 1 aliphatic rings. The molecule has 150 valence electrons. The Morgan fingerprint density at radius 2 is 1.86 bits per heavy atom. The third-order valence-corrected chi connectivity index (χ3v) is 5.58. The molecule has 2 aromatic carbocycles. The number of anilines is 1. The molecule has 1 N–H and O–H groups in total. The lowest BCUT2D eigenvalue weighted by Gasteiger charge is -2.14. The molecule has 0 radical (unpaired) electrons. The van der Waals surface area contributed by atoms with E-state index in [9.17, 15) is 9.59 Å². The minimum Gasteiger partial charge on any atom is -0.497 e. The molecule has 2 amide bonds. The maximum absolute atomic E-state index is 12.7. The lowest BCUT2D eigenvalue weighted by Crippen LogP contribution is -2.31. The highest BCUT2D eigenvalue weighted by Crippen LogP contribution is 2.33. The molecule has 8 heteroatoms. The molecule has 1 aliphatic heterocycles. The molecule has 0 bridgehead atoms. The zero-order valence-electron chi connectivity index (χ0n) is 16.0. The first-order chi connectivity index (χ1) is 14.0. The number of thiocarbonyl (C=S) groups is 1. The van der Waals surface area contributed by atoms with Gasteiger partial charge in [-0.3, -0.25) is 14.5 Å². The number of nitrogens with one attached hydrogen (secondary N) is 1. The van der Waals surface area contributed by atoms with E-state index in [0.29, 0.717) is 26.4 Å². The Morgan fingerprint density at radius 3 is 2.55 bits per heavy atom. The summed E-state index contributed by atoms with van der Waals surface area (Å²) in [7, 11) is 3.17. The molecular formula is C21H20N2O4S2. The monoisotopic (exact) mass is 428 g/mol. The average molecular weight is 429 g/mol. The van der Waals surface area contributed by atoms with Gasteiger partial charge in [-0.15, -0.1) is 0 Å². The van der Waals surface area contributed by atoms with Crippen LogP contribution in [0.1, 0.15) is 12.0 Å². The number of rotatable bonds is 7. The molecule has 0 spiro atoms. The van der Waals surface area contributed by atoms with Crippen LogP contribution >= 0.6 is 24.0 Å². The number of benzene rings is 2. The van der Waals surface area contributed by atoms with Gasteiger partial charge < -0.3 is 14.8 Å². The Labute approximate surface area is 178 Å². The number of ether oxygens (including phenoxy) is 2. The molecule has 0 aliphatic carbocycles. The molecule has 3 rings (SSSR count). The van der Waals surface area contributed by atoms with Crippen LogP contribution in [0.15, 0.2) is 53.4 Å². The summed E-state index contributed by atoms with van der Waals surface area (Å²) in [5, 5.41) is 2.80. The zero-order valence-corrected chi connectivity index (χ0v) is 17.6. The second-order valence-electron chi connectivity index (χ2n) is 6.14. The van der Waals surface area contributed by atoms with E-state index in [2.05, 4.69) is 5.32 Å². The highest BCUT2D eigenvalue weighted by molar-refractivity contribution is 8.26. The number of carbonyl (C=O) groups excluding carboxylic acids is 2. The number of thioether (sulfide) groups is 1. The van der Waals surface area contributed by atoms with Gasteiger partial charge in [0.2, 0.25) is 5.91 Å². The van der Waals surface area contributed by atoms with Gasteiger partial charge in [-0.05, 0) is 48.0 Å². The summed E-state index contributed by atoms with van der Waals surface area (Å²) in [4.78, 5) is 26.9. The van der Waals surface area contributed by atoms with Crippen molar-refractivity contribution in [3.8, 4) is 11.5 Å². The minimum atomic E-state index is -0.194. The molecule has 1 saturated heterocycles. The van der Waals surface area contributed by atoms with E-state index in [1.807, 2.05) is 24.3 Å². The van der Waals surface area contributed by atoms with E-state index in [1.54, 1.807) is 44.6 Å². The Morgan fingerprint density at radius 1 is 1.14 bits per heavy atom. The summed E-state index contributed by atoms with van der Waals surface area (Å²) in [5.41, 5.74) is 1.52. The average Bonchev–Trinajstić information content (AvgIpc) is 2.99. The van der Waals surface area contributed by atoms with Crippen molar-refractivity contribution in [1.29, 1.82) is 0 Å². The summed E-state index contributed by atoms with van der Waals surface area (Å²) < 4.78 is 10.7. The molecule has 0 aromatic heterocycles. The number of methoxy groups -OCH3 is 2. The van der Waals surface area contributed by atoms with E-state index in [0.717, 1.165) is 5.56 Å². The van der Waals surface area contributed by atoms with Gasteiger partial charge in [-0.2, -0.15) is 0 Å². The Hall–Kier alpha value is -2.84. The second kappa shape index (κ2) is 9.58. The van der Waals surface area contributed by atoms with Crippen LogP contribution in [0.2, 0.25) is 0 Å². The first kappa shape index (κ1) is 20.9. The molecule has 0 unspecified atom stereocenters. The Bertz CT molecular complexity index is 957. The second-order valence-corrected chi connectivity index (χ2v) is 7.81. The Balaban J connectivity index is 1.59. The smallest absolute Gasteiger partial charge is 0.266 e. The van der Waals surface area contributed by atoms with Crippen molar-refractivity contribution >= 4 is 51.9 Å². The van der Waals surface area contributed by atoms with Crippen LogP contribution in [0.4, 0.5) is 5.69 Å². The van der Waals surface area contributed by atoms with Crippen molar-refractivity contribution in [1.82, 2.24) is 4.90 Å². The van der Waals surface area contributed by atoms with Crippen LogP contribution < -0.4 is 14.8 Å². The van der Waals surface area contributed by atoms with Gasteiger partial charge in [0.15, 0.2) is 0 Å². The van der Waals surface area contributed by atoms with Crippen LogP contribution in [-0.2, 0) is 9.59 Å². The molecular weight excluding hydrogens is 408 g/mol. The summed E-state index contributed by atoms with van der Waals surface area (Å²) >= 11 is 6.56. The number of nitrogens with zero attached hydrogens (tertiary/aromatic N) is 1. The predicted octanol–water partition coefficient (Wildman–Crippen LogP) is 3.93. The number of carbonyl (C=O) groups is 2. The lowest BCUT2D eigenvalue weighted by atomic mass is 10.2. The zero-order chi connectivity index (χ0) is 20.8. The highest BCUT2D eigenvalue weighted by atomic mass is 32.2. The van der Waals surface area contributed by atoms with Crippen molar-refractivity contribution in [2.75, 3.05) is 26.1 Å². The van der Waals surface area contributed by atoms with Gasteiger partial charge in [-0.25, -0.2) is 0 Å². The fourth-order valence-electron chi connectivity index (χ4n) is 2.69. The van der Waals surface area contributed by atoms with Gasteiger partial charge in [0.05, 0.1) is 19.1 Å². The van der Waals surface area contributed by atoms with Crippen molar-refractivity contribution in [2.24, 2.45) is 0 Å². The van der Waals surface area contributed by atoms with Crippen LogP contribution in [-0.4, -0.2) is 41.8 Å². The van der Waals surface area contributed by atoms with Crippen molar-refractivity contribution < 1.29 is 19.1 Å². The number of hydrogen-bond donors (Lipinski definition) is 1. The molecule has 0 atom stereocenters. The normalized spacial score (nSPS) is 15.0. The molecule has 0 saturated carbocycles. The number of hydrogen-bond acceptors (Lipinski definition) is 6. The third-order valence-electron chi connectivity index (χ3n) is 4.20. The third kappa shape index (κ3) is 5.36. The molecule has 6 nitrogen and oxygen atoms in total. The van der Waals surface area contributed by atoms with Crippen molar-refractivity contribution in [2.45, 2.75) is 6.42 Å². The molecule has 29 heavy (non-hydrogen) atoms. The van der Waals surface area contributed by atoms with Gasteiger partial charge in [0, 0.05) is 18.7 Å². The topological polar surface area (TPSA) is 67.9 Å². The van der Waals surface area contributed by atoms with Gasteiger partial charge >= 0.3 is 0 Å². The number of amides is 2. The van der Waals surface area contributed by atoms with Crippen LogP contribution in [0.25, 0.3) is 6.08 Å².